The number of fused-ring (bicyclic) bond motifs is 5. The third-order valence-electron chi connectivity index (χ3n) is 5.23. The third kappa shape index (κ3) is 3.08. The van der Waals surface area contributed by atoms with E-state index < -0.39 is 0 Å². The molecule has 3 heterocycles. The Balaban J connectivity index is 1.54. The van der Waals surface area contributed by atoms with Gasteiger partial charge in [-0.2, -0.15) is 0 Å². The van der Waals surface area contributed by atoms with Crippen LogP contribution in [-0.4, -0.2) is 36.5 Å². The number of nitrogens with one attached hydrogen (secondary N) is 1. The Labute approximate surface area is 141 Å². The van der Waals surface area contributed by atoms with Crippen LogP contribution < -0.4 is 5.32 Å². The van der Waals surface area contributed by atoms with Crippen molar-refractivity contribution < 1.29 is 4.79 Å². The molecule has 0 spiro atoms. The molecular formula is C19H21ClN2O. The number of amides is 1. The highest BCUT2D eigenvalue weighted by Crippen LogP contribution is 2.27. The number of hydrogen-bond acceptors (Lipinski definition) is 2. The van der Waals surface area contributed by atoms with Crippen molar-refractivity contribution in [1.82, 2.24) is 10.2 Å². The maximum atomic E-state index is 12.6. The molecule has 3 nitrogen and oxygen atoms in total. The number of hydrogen-bond donors (Lipinski definition) is 1. The second-order valence-corrected chi connectivity index (χ2v) is 7.23. The SMILES string of the molecule is O=C(N[C@@H]1CC2CCN(CC2)C1)c1ccc2cccc(Cl)c2c1. The zero-order chi connectivity index (χ0) is 15.8. The second kappa shape index (κ2) is 6.14. The van der Waals surface area contributed by atoms with Gasteiger partial charge in [-0.1, -0.05) is 29.8 Å². The lowest BCUT2D eigenvalue weighted by atomic mass is 9.94. The van der Waals surface area contributed by atoms with Crippen molar-refractivity contribution in [2.45, 2.75) is 25.3 Å². The zero-order valence-electron chi connectivity index (χ0n) is 13.1. The van der Waals surface area contributed by atoms with E-state index in [0.717, 1.165) is 29.7 Å². The molecule has 4 heteroatoms. The summed E-state index contributed by atoms with van der Waals surface area (Å²) in [5.74, 6) is 0.782. The summed E-state index contributed by atoms with van der Waals surface area (Å²) in [7, 11) is 0. The highest BCUT2D eigenvalue weighted by Gasteiger charge is 2.29. The smallest absolute Gasteiger partial charge is 0.251 e. The maximum Gasteiger partial charge on any atom is 0.251 e. The molecule has 2 aromatic rings. The van der Waals surface area contributed by atoms with Crippen molar-refractivity contribution in [3.8, 4) is 0 Å². The monoisotopic (exact) mass is 328 g/mol. The second-order valence-electron chi connectivity index (χ2n) is 6.83. The van der Waals surface area contributed by atoms with Gasteiger partial charge in [0.05, 0.1) is 0 Å². The van der Waals surface area contributed by atoms with E-state index in [9.17, 15) is 4.79 Å². The van der Waals surface area contributed by atoms with Crippen LogP contribution in [0.5, 0.6) is 0 Å². The summed E-state index contributed by atoms with van der Waals surface area (Å²) in [6, 6.07) is 11.8. The summed E-state index contributed by atoms with van der Waals surface area (Å²) in [4.78, 5) is 15.1. The fraction of sp³-hybridized carbons (Fsp3) is 0.421. The van der Waals surface area contributed by atoms with E-state index in [4.69, 9.17) is 11.6 Å². The van der Waals surface area contributed by atoms with Gasteiger partial charge in [-0.15, -0.1) is 0 Å². The Kier molecular flexibility index (Phi) is 4.00. The van der Waals surface area contributed by atoms with Gasteiger partial charge in [0, 0.05) is 28.6 Å². The van der Waals surface area contributed by atoms with Crippen molar-refractivity contribution in [1.29, 1.82) is 0 Å². The Morgan fingerprint density at radius 2 is 2.00 bits per heavy atom. The standard InChI is InChI=1S/C19H21ClN2O/c20-18-3-1-2-14-4-5-15(11-17(14)18)19(23)21-16-10-13-6-8-22(12-16)9-7-13/h1-5,11,13,16H,6-10,12H2,(H,21,23)/t16-/m1/s1. The molecule has 120 valence electrons. The minimum absolute atomic E-state index is 0.0133. The summed E-state index contributed by atoms with van der Waals surface area (Å²) in [5, 5.41) is 5.93. The van der Waals surface area contributed by atoms with Crippen LogP contribution in [0.15, 0.2) is 36.4 Å². The summed E-state index contributed by atoms with van der Waals surface area (Å²) in [5.41, 5.74) is 0.692. The van der Waals surface area contributed by atoms with Crippen LogP contribution in [0.25, 0.3) is 10.8 Å². The van der Waals surface area contributed by atoms with E-state index in [1.165, 1.54) is 25.9 Å². The molecule has 3 saturated heterocycles. The lowest BCUT2D eigenvalue weighted by Gasteiger charge is -2.26. The van der Waals surface area contributed by atoms with Crippen LogP contribution in [0, 0.1) is 5.92 Å². The number of piperidine rings is 1. The van der Waals surface area contributed by atoms with Crippen LogP contribution >= 0.6 is 11.6 Å². The number of nitrogens with zero attached hydrogens (tertiary/aromatic N) is 1. The first-order chi connectivity index (χ1) is 11.2. The Morgan fingerprint density at radius 1 is 1.17 bits per heavy atom. The fourth-order valence-corrected chi connectivity index (χ4v) is 4.18. The molecule has 0 unspecified atom stereocenters. The third-order valence-corrected chi connectivity index (χ3v) is 5.56. The molecule has 23 heavy (non-hydrogen) atoms. The molecule has 5 rings (SSSR count). The summed E-state index contributed by atoms with van der Waals surface area (Å²) >= 11 is 6.26. The highest BCUT2D eigenvalue weighted by molar-refractivity contribution is 6.35. The first-order valence-corrected chi connectivity index (χ1v) is 8.78. The van der Waals surface area contributed by atoms with Crippen LogP contribution in [0.2, 0.25) is 5.02 Å². The average molecular weight is 329 g/mol. The van der Waals surface area contributed by atoms with Gasteiger partial charge in [-0.3, -0.25) is 4.79 Å². The first-order valence-electron chi connectivity index (χ1n) is 8.40. The minimum Gasteiger partial charge on any atom is -0.348 e. The molecule has 3 fully saturated rings. The maximum absolute atomic E-state index is 12.6. The van der Waals surface area contributed by atoms with Crippen LogP contribution in [0.3, 0.4) is 0 Å². The van der Waals surface area contributed by atoms with E-state index >= 15 is 0 Å². The number of benzene rings is 2. The molecule has 0 radical (unpaired) electrons. The van der Waals surface area contributed by atoms with E-state index in [2.05, 4.69) is 10.2 Å². The predicted molar refractivity (Wildman–Crippen MR) is 94.0 cm³/mol. The molecule has 3 aliphatic rings. The molecule has 0 aromatic heterocycles. The van der Waals surface area contributed by atoms with Crippen LogP contribution in [0.1, 0.15) is 29.6 Å². The van der Waals surface area contributed by atoms with Gasteiger partial charge in [0.15, 0.2) is 0 Å². The van der Waals surface area contributed by atoms with E-state index in [1.54, 1.807) is 0 Å². The van der Waals surface area contributed by atoms with Crippen LogP contribution in [0.4, 0.5) is 0 Å². The summed E-state index contributed by atoms with van der Waals surface area (Å²) < 4.78 is 0. The molecule has 1 amide bonds. The Hall–Kier alpha value is -1.58. The van der Waals surface area contributed by atoms with Gasteiger partial charge in [0.2, 0.25) is 0 Å². The minimum atomic E-state index is 0.0133. The molecule has 0 saturated carbocycles. The molecular weight excluding hydrogens is 308 g/mol. The molecule has 3 aliphatic heterocycles. The average Bonchev–Trinajstić information content (AvgIpc) is 2.87. The van der Waals surface area contributed by atoms with Crippen molar-refractivity contribution in [2.24, 2.45) is 5.92 Å². The van der Waals surface area contributed by atoms with Gasteiger partial charge in [0.1, 0.15) is 0 Å². The lowest BCUT2D eigenvalue weighted by molar-refractivity contribution is 0.0929. The Morgan fingerprint density at radius 3 is 2.83 bits per heavy atom. The van der Waals surface area contributed by atoms with Gasteiger partial charge < -0.3 is 10.2 Å². The van der Waals surface area contributed by atoms with E-state index in [1.807, 2.05) is 36.4 Å². The van der Waals surface area contributed by atoms with Crippen molar-refractivity contribution in [3.05, 3.63) is 47.0 Å². The van der Waals surface area contributed by atoms with Gasteiger partial charge in [-0.25, -0.2) is 0 Å². The van der Waals surface area contributed by atoms with Gasteiger partial charge >= 0.3 is 0 Å². The summed E-state index contributed by atoms with van der Waals surface area (Å²) in [6.07, 6.45) is 3.66. The largest absolute Gasteiger partial charge is 0.348 e. The zero-order valence-corrected chi connectivity index (χ0v) is 13.9. The summed E-state index contributed by atoms with van der Waals surface area (Å²) in [6.45, 7) is 3.35. The van der Waals surface area contributed by atoms with E-state index in [0.29, 0.717) is 10.6 Å². The topological polar surface area (TPSA) is 32.3 Å². The van der Waals surface area contributed by atoms with Crippen molar-refractivity contribution >= 4 is 28.3 Å². The highest BCUT2D eigenvalue weighted by atomic mass is 35.5. The van der Waals surface area contributed by atoms with Gasteiger partial charge in [0.25, 0.3) is 5.91 Å². The van der Waals surface area contributed by atoms with Crippen molar-refractivity contribution in [3.63, 3.8) is 0 Å². The number of carbonyl (C=O) groups excluding carboxylic acids is 1. The Bertz CT molecular complexity index is 723. The fourth-order valence-electron chi connectivity index (χ4n) is 3.94. The molecule has 0 aliphatic carbocycles. The molecule has 2 aromatic carbocycles. The lowest BCUT2D eigenvalue weighted by Crippen LogP contribution is -2.41. The normalized spacial score (nSPS) is 26.9. The number of rotatable bonds is 2. The number of halogens is 1. The van der Waals surface area contributed by atoms with Gasteiger partial charge in [-0.05, 0) is 61.9 Å². The number of carbonyl (C=O) groups is 1. The van der Waals surface area contributed by atoms with E-state index in [-0.39, 0.29) is 11.9 Å². The first kappa shape index (κ1) is 15.0. The van der Waals surface area contributed by atoms with Crippen molar-refractivity contribution in [2.75, 3.05) is 19.6 Å². The predicted octanol–water partition coefficient (Wildman–Crippen LogP) is 3.71. The van der Waals surface area contributed by atoms with Crippen LogP contribution in [-0.2, 0) is 0 Å². The molecule has 1 N–H and O–H groups in total. The quantitative estimate of drug-likeness (QED) is 0.911. The molecule has 2 bridgehead atoms. The molecule has 1 atom stereocenters.